The number of Topliss-reactive ketones (excluding diaryl/α,β-unsaturated/α-hetero) is 1. The number of hydrogen-bond acceptors (Lipinski definition) is 5. The van der Waals surface area contributed by atoms with E-state index < -0.39 is 6.04 Å². The van der Waals surface area contributed by atoms with E-state index >= 15 is 0 Å². The van der Waals surface area contributed by atoms with Gasteiger partial charge in [0.2, 0.25) is 11.5 Å². The molecule has 0 aromatic heterocycles. The van der Waals surface area contributed by atoms with Crippen molar-refractivity contribution < 1.29 is 9.63 Å². The van der Waals surface area contributed by atoms with Crippen LogP contribution in [0.1, 0.15) is 27.5 Å². The molecular weight excluding hydrogens is 290 g/mol. The van der Waals surface area contributed by atoms with E-state index in [1.54, 1.807) is 12.1 Å². The second-order valence-corrected chi connectivity index (χ2v) is 5.31. The fraction of sp³-hybridized carbons (Fsp3) is 0.111. The molecule has 2 N–H and O–H groups in total. The highest BCUT2D eigenvalue weighted by molar-refractivity contribution is 6.08. The van der Waals surface area contributed by atoms with Crippen LogP contribution in [-0.2, 0) is 4.84 Å². The van der Waals surface area contributed by atoms with Crippen molar-refractivity contribution in [3.8, 4) is 6.07 Å². The number of allylic oxidation sites excluding steroid dienone is 1. The zero-order valence-corrected chi connectivity index (χ0v) is 12.6. The van der Waals surface area contributed by atoms with Crippen molar-refractivity contribution in [1.29, 1.82) is 5.26 Å². The normalized spacial score (nSPS) is 17.7. The van der Waals surface area contributed by atoms with Gasteiger partial charge >= 0.3 is 0 Å². The minimum atomic E-state index is -0.592. The van der Waals surface area contributed by atoms with Crippen LogP contribution in [0.15, 0.2) is 65.9 Å². The van der Waals surface area contributed by atoms with Gasteiger partial charge in [0.05, 0.1) is 0 Å². The van der Waals surface area contributed by atoms with Crippen LogP contribution in [-0.4, -0.2) is 11.0 Å². The standard InChI is InChI=1S/C18H15N3O2/c1-12-7-9-14(10-8-12)17(22)18-15(11-19)16(21(20)23-18)13-5-3-2-4-6-13/h2-10,16H,20H2,1H3. The molecule has 23 heavy (non-hydrogen) atoms. The van der Waals surface area contributed by atoms with Gasteiger partial charge in [-0.05, 0) is 12.5 Å². The molecule has 1 heterocycles. The van der Waals surface area contributed by atoms with Crippen LogP contribution in [0.4, 0.5) is 0 Å². The quantitative estimate of drug-likeness (QED) is 0.696. The molecule has 0 aliphatic carbocycles. The predicted molar refractivity (Wildman–Crippen MR) is 84.4 cm³/mol. The van der Waals surface area contributed by atoms with E-state index in [1.807, 2.05) is 49.4 Å². The Balaban J connectivity index is 2.02. The molecule has 0 bridgehead atoms. The molecule has 0 radical (unpaired) electrons. The fourth-order valence-corrected chi connectivity index (χ4v) is 2.52. The van der Waals surface area contributed by atoms with Crippen molar-refractivity contribution in [2.24, 2.45) is 5.84 Å². The number of nitrogens with two attached hydrogens (primary N) is 1. The maximum Gasteiger partial charge on any atom is 0.231 e. The smallest absolute Gasteiger partial charge is 0.231 e. The maximum absolute atomic E-state index is 12.6. The van der Waals surface area contributed by atoms with Crippen molar-refractivity contribution >= 4 is 5.78 Å². The summed E-state index contributed by atoms with van der Waals surface area (Å²) < 4.78 is 0. The summed E-state index contributed by atoms with van der Waals surface area (Å²) in [4.78, 5) is 18.0. The van der Waals surface area contributed by atoms with Gasteiger partial charge in [-0.15, -0.1) is 0 Å². The number of carbonyl (C=O) groups excluding carboxylic acids is 1. The van der Waals surface area contributed by atoms with E-state index in [0.29, 0.717) is 5.56 Å². The Hall–Kier alpha value is -2.94. The number of nitriles is 1. The molecule has 0 spiro atoms. The topological polar surface area (TPSA) is 79.4 Å². The highest BCUT2D eigenvalue weighted by Gasteiger charge is 2.38. The third kappa shape index (κ3) is 2.73. The van der Waals surface area contributed by atoms with Gasteiger partial charge < -0.3 is 4.84 Å². The van der Waals surface area contributed by atoms with Crippen LogP contribution in [0.5, 0.6) is 0 Å². The molecule has 1 unspecified atom stereocenters. The van der Waals surface area contributed by atoms with Gasteiger partial charge in [0.1, 0.15) is 17.7 Å². The van der Waals surface area contributed by atoms with Crippen molar-refractivity contribution in [2.45, 2.75) is 13.0 Å². The molecule has 0 fully saturated rings. The number of ketones is 1. The van der Waals surface area contributed by atoms with E-state index in [-0.39, 0.29) is 17.1 Å². The number of hydrogen-bond donors (Lipinski definition) is 1. The Bertz CT molecular complexity index is 804. The fourth-order valence-electron chi connectivity index (χ4n) is 2.52. The second-order valence-electron chi connectivity index (χ2n) is 5.31. The average Bonchev–Trinajstić information content (AvgIpc) is 2.92. The highest BCUT2D eigenvalue weighted by Crippen LogP contribution is 2.36. The summed E-state index contributed by atoms with van der Waals surface area (Å²) in [5.41, 5.74) is 2.51. The van der Waals surface area contributed by atoms with E-state index in [2.05, 4.69) is 6.07 Å². The maximum atomic E-state index is 12.6. The van der Waals surface area contributed by atoms with Gasteiger partial charge in [-0.3, -0.25) is 4.79 Å². The summed E-state index contributed by atoms with van der Waals surface area (Å²) in [6.07, 6.45) is 0. The van der Waals surface area contributed by atoms with E-state index in [0.717, 1.165) is 16.3 Å². The molecule has 1 aliphatic rings. The Morgan fingerprint density at radius 1 is 1.17 bits per heavy atom. The molecule has 5 heteroatoms. The third-order valence-corrected chi connectivity index (χ3v) is 3.72. The highest BCUT2D eigenvalue weighted by atomic mass is 16.7. The van der Waals surface area contributed by atoms with Crippen molar-refractivity contribution in [3.63, 3.8) is 0 Å². The average molecular weight is 305 g/mol. The van der Waals surface area contributed by atoms with E-state index in [4.69, 9.17) is 10.7 Å². The zero-order valence-electron chi connectivity index (χ0n) is 12.6. The minimum Gasteiger partial charge on any atom is -0.385 e. The van der Waals surface area contributed by atoms with Crippen LogP contribution in [0, 0.1) is 18.3 Å². The second kappa shape index (κ2) is 6.05. The van der Waals surface area contributed by atoms with Crippen LogP contribution < -0.4 is 5.84 Å². The third-order valence-electron chi connectivity index (χ3n) is 3.72. The number of rotatable bonds is 3. The van der Waals surface area contributed by atoms with Gasteiger partial charge in [0.25, 0.3) is 0 Å². The lowest BCUT2D eigenvalue weighted by molar-refractivity contribution is -0.118. The van der Waals surface area contributed by atoms with Crippen molar-refractivity contribution in [2.75, 3.05) is 0 Å². The van der Waals surface area contributed by atoms with Gasteiger partial charge in [-0.2, -0.15) is 5.26 Å². The molecule has 0 saturated heterocycles. The number of hydrazine groups is 1. The molecule has 114 valence electrons. The van der Waals surface area contributed by atoms with Crippen molar-refractivity contribution in [3.05, 3.63) is 82.6 Å². The lowest BCUT2D eigenvalue weighted by Crippen LogP contribution is -2.31. The summed E-state index contributed by atoms with van der Waals surface area (Å²) in [5.74, 6) is 5.50. The van der Waals surface area contributed by atoms with Crippen LogP contribution in [0.2, 0.25) is 0 Å². The first kappa shape index (κ1) is 15.0. The molecule has 1 aliphatic heterocycles. The number of hydroxylamine groups is 1. The minimum absolute atomic E-state index is 0.0206. The van der Waals surface area contributed by atoms with Crippen LogP contribution in [0.3, 0.4) is 0 Å². The SMILES string of the molecule is Cc1ccc(C(=O)C2=C(C#N)C(c3ccccc3)N(N)O2)cc1. The molecule has 0 amide bonds. The Morgan fingerprint density at radius 3 is 2.43 bits per heavy atom. The molecular formula is C18H15N3O2. The lowest BCUT2D eigenvalue weighted by Gasteiger charge is -2.17. The molecule has 2 aromatic rings. The summed E-state index contributed by atoms with van der Waals surface area (Å²) in [6, 6.07) is 17.8. The summed E-state index contributed by atoms with van der Waals surface area (Å²) >= 11 is 0. The first-order valence-electron chi connectivity index (χ1n) is 7.14. The summed E-state index contributed by atoms with van der Waals surface area (Å²) in [7, 11) is 0. The zero-order chi connectivity index (χ0) is 16.4. The molecule has 0 saturated carbocycles. The molecule has 3 rings (SSSR count). The molecule has 2 aromatic carbocycles. The van der Waals surface area contributed by atoms with Gasteiger partial charge in [0.15, 0.2) is 0 Å². The van der Waals surface area contributed by atoms with E-state index in [1.165, 1.54) is 0 Å². The Morgan fingerprint density at radius 2 is 1.83 bits per heavy atom. The number of aryl methyl sites for hydroxylation is 1. The van der Waals surface area contributed by atoms with Crippen LogP contribution >= 0.6 is 0 Å². The number of carbonyl (C=O) groups is 1. The molecule has 5 nitrogen and oxygen atoms in total. The van der Waals surface area contributed by atoms with E-state index in [9.17, 15) is 10.1 Å². The monoisotopic (exact) mass is 305 g/mol. The number of nitrogens with zero attached hydrogens (tertiary/aromatic N) is 2. The Labute approximate surface area is 134 Å². The van der Waals surface area contributed by atoms with Gasteiger partial charge in [-0.1, -0.05) is 65.3 Å². The largest absolute Gasteiger partial charge is 0.385 e. The first-order chi connectivity index (χ1) is 11.1. The predicted octanol–water partition coefficient (Wildman–Crippen LogP) is 2.82. The first-order valence-corrected chi connectivity index (χ1v) is 7.14. The molecule has 1 atom stereocenters. The van der Waals surface area contributed by atoms with Gasteiger partial charge in [-0.25, -0.2) is 5.84 Å². The number of benzene rings is 2. The summed E-state index contributed by atoms with van der Waals surface area (Å²) in [5, 5.41) is 10.6. The Kier molecular flexibility index (Phi) is 3.94. The lowest BCUT2D eigenvalue weighted by atomic mass is 9.97. The van der Waals surface area contributed by atoms with Crippen LogP contribution in [0.25, 0.3) is 0 Å². The summed E-state index contributed by atoms with van der Waals surface area (Å²) in [6.45, 7) is 1.94. The van der Waals surface area contributed by atoms with Crippen molar-refractivity contribution in [1.82, 2.24) is 5.17 Å². The van der Waals surface area contributed by atoms with Gasteiger partial charge in [0, 0.05) is 5.56 Å².